The summed E-state index contributed by atoms with van der Waals surface area (Å²) in [6.45, 7) is 1.35. The lowest BCUT2D eigenvalue weighted by Gasteiger charge is -2.33. The van der Waals surface area contributed by atoms with Crippen LogP contribution in [0.4, 0.5) is 11.4 Å². The van der Waals surface area contributed by atoms with Gasteiger partial charge in [0.05, 0.1) is 16.2 Å². The number of aromatic nitrogens is 1. The minimum atomic E-state index is -0.407. The molecule has 2 N–H and O–H groups in total. The van der Waals surface area contributed by atoms with Crippen molar-refractivity contribution in [1.29, 1.82) is 0 Å². The monoisotopic (exact) mass is 300 g/mol. The summed E-state index contributed by atoms with van der Waals surface area (Å²) < 4.78 is 0. The van der Waals surface area contributed by atoms with Gasteiger partial charge in [-0.2, -0.15) is 0 Å². The molecule has 7 heteroatoms. The highest BCUT2D eigenvalue weighted by atomic mass is 16.6. The van der Waals surface area contributed by atoms with E-state index in [4.69, 9.17) is 5.73 Å². The number of primary amides is 1. The number of rotatable bonds is 3. The molecule has 1 unspecified atom stereocenters. The third-order valence-corrected chi connectivity index (χ3v) is 4.13. The summed E-state index contributed by atoms with van der Waals surface area (Å²) in [5, 5.41) is 12.4. The van der Waals surface area contributed by atoms with Crippen LogP contribution in [0.1, 0.15) is 12.8 Å². The lowest BCUT2D eigenvalue weighted by molar-refractivity contribution is -0.383. The number of hydrogen-bond donors (Lipinski definition) is 1. The summed E-state index contributed by atoms with van der Waals surface area (Å²) in [4.78, 5) is 28.2. The average Bonchev–Trinajstić information content (AvgIpc) is 2.53. The van der Waals surface area contributed by atoms with Crippen molar-refractivity contribution >= 4 is 28.1 Å². The summed E-state index contributed by atoms with van der Waals surface area (Å²) in [5.74, 6) is -0.474. The van der Waals surface area contributed by atoms with Crippen molar-refractivity contribution in [1.82, 2.24) is 4.98 Å². The molecule has 1 aromatic carbocycles. The number of pyridine rings is 1. The number of nitro groups is 1. The van der Waals surface area contributed by atoms with E-state index in [1.165, 1.54) is 12.3 Å². The van der Waals surface area contributed by atoms with E-state index in [2.05, 4.69) is 9.88 Å². The lowest BCUT2D eigenvalue weighted by atomic mass is 9.96. The number of piperidine rings is 1. The van der Waals surface area contributed by atoms with Crippen molar-refractivity contribution in [3.8, 4) is 0 Å². The first-order chi connectivity index (χ1) is 10.6. The fourth-order valence-electron chi connectivity index (χ4n) is 3.02. The van der Waals surface area contributed by atoms with Gasteiger partial charge >= 0.3 is 0 Å². The summed E-state index contributed by atoms with van der Waals surface area (Å²) in [6.07, 6.45) is 4.78. The standard InChI is InChI=1S/C15H16N4O3/c16-15(20)10-2-1-7-18(9-10)13-3-4-14(19(21)22)12-8-17-6-5-11(12)13/h3-6,8,10H,1-2,7,9H2,(H2,16,20). The van der Waals surface area contributed by atoms with Gasteiger partial charge in [0, 0.05) is 42.6 Å². The van der Waals surface area contributed by atoms with Gasteiger partial charge in [0.15, 0.2) is 0 Å². The first-order valence-corrected chi connectivity index (χ1v) is 7.13. The van der Waals surface area contributed by atoms with Gasteiger partial charge in [-0.1, -0.05) is 0 Å². The van der Waals surface area contributed by atoms with Crippen LogP contribution in [0.15, 0.2) is 30.6 Å². The van der Waals surface area contributed by atoms with Gasteiger partial charge < -0.3 is 10.6 Å². The third-order valence-electron chi connectivity index (χ3n) is 4.13. The molecule has 1 fully saturated rings. The van der Waals surface area contributed by atoms with Crippen molar-refractivity contribution in [3.63, 3.8) is 0 Å². The number of carbonyl (C=O) groups is 1. The molecule has 1 aliphatic heterocycles. The Morgan fingerprint density at radius 3 is 2.91 bits per heavy atom. The molecule has 22 heavy (non-hydrogen) atoms. The SMILES string of the molecule is NC(=O)C1CCCN(c2ccc([N+](=O)[O-])c3cnccc23)C1. The second-order valence-electron chi connectivity index (χ2n) is 5.47. The van der Waals surface area contributed by atoms with Crippen LogP contribution in [0.5, 0.6) is 0 Å². The number of hydrogen-bond acceptors (Lipinski definition) is 5. The molecule has 2 aromatic rings. The van der Waals surface area contributed by atoms with Crippen LogP contribution in [0.2, 0.25) is 0 Å². The van der Waals surface area contributed by atoms with Crippen molar-refractivity contribution in [3.05, 3.63) is 40.7 Å². The zero-order valence-electron chi connectivity index (χ0n) is 11.9. The van der Waals surface area contributed by atoms with Crippen molar-refractivity contribution in [2.45, 2.75) is 12.8 Å². The maximum atomic E-state index is 11.4. The highest BCUT2D eigenvalue weighted by Gasteiger charge is 2.26. The van der Waals surface area contributed by atoms with Crippen LogP contribution in [-0.4, -0.2) is 28.9 Å². The van der Waals surface area contributed by atoms with Crippen LogP contribution in [0, 0.1) is 16.0 Å². The molecular weight excluding hydrogens is 284 g/mol. The number of non-ortho nitro benzene ring substituents is 1. The average molecular weight is 300 g/mol. The molecule has 0 radical (unpaired) electrons. The van der Waals surface area contributed by atoms with E-state index in [0.29, 0.717) is 11.9 Å². The van der Waals surface area contributed by atoms with E-state index in [1.807, 2.05) is 0 Å². The molecule has 1 atom stereocenters. The Bertz CT molecular complexity index is 747. The highest BCUT2D eigenvalue weighted by Crippen LogP contribution is 2.34. The predicted molar refractivity (Wildman–Crippen MR) is 82.5 cm³/mol. The maximum Gasteiger partial charge on any atom is 0.278 e. The molecule has 114 valence electrons. The Kier molecular flexibility index (Phi) is 3.62. The number of nitrogens with two attached hydrogens (primary N) is 1. The number of nitrogens with zero attached hydrogens (tertiary/aromatic N) is 3. The summed E-state index contributed by atoms with van der Waals surface area (Å²) in [6, 6.07) is 5.00. The zero-order chi connectivity index (χ0) is 15.7. The van der Waals surface area contributed by atoms with Gasteiger partial charge in [0.25, 0.3) is 5.69 Å². The highest BCUT2D eigenvalue weighted by molar-refractivity contribution is 5.99. The van der Waals surface area contributed by atoms with E-state index in [0.717, 1.165) is 30.5 Å². The zero-order valence-corrected chi connectivity index (χ0v) is 11.9. The van der Waals surface area contributed by atoms with E-state index in [-0.39, 0.29) is 17.5 Å². The van der Waals surface area contributed by atoms with E-state index < -0.39 is 4.92 Å². The van der Waals surface area contributed by atoms with Gasteiger partial charge in [-0.3, -0.25) is 19.9 Å². The Morgan fingerprint density at radius 2 is 2.18 bits per heavy atom. The Balaban J connectivity index is 2.06. The largest absolute Gasteiger partial charge is 0.370 e. The smallest absolute Gasteiger partial charge is 0.278 e. The maximum absolute atomic E-state index is 11.4. The second-order valence-corrected chi connectivity index (χ2v) is 5.47. The Morgan fingerprint density at radius 1 is 1.36 bits per heavy atom. The molecular formula is C15H16N4O3. The summed E-state index contributed by atoms with van der Waals surface area (Å²) in [5.41, 5.74) is 6.34. The van der Waals surface area contributed by atoms with Crippen LogP contribution in [0.25, 0.3) is 10.8 Å². The molecule has 1 amide bonds. The van der Waals surface area contributed by atoms with Crippen LogP contribution in [0.3, 0.4) is 0 Å². The number of benzene rings is 1. The Labute approximate surface area is 126 Å². The molecule has 1 saturated heterocycles. The van der Waals surface area contributed by atoms with Crippen LogP contribution >= 0.6 is 0 Å². The number of amides is 1. The number of anilines is 1. The van der Waals surface area contributed by atoms with Crippen molar-refractivity contribution < 1.29 is 9.72 Å². The molecule has 0 spiro atoms. The number of nitro benzene ring substituents is 1. The first-order valence-electron chi connectivity index (χ1n) is 7.13. The van der Waals surface area contributed by atoms with Crippen LogP contribution in [-0.2, 0) is 4.79 Å². The predicted octanol–water partition coefficient (Wildman–Crippen LogP) is 1.84. The van der Waals surface area contributed by atoms with Crippen molar-refractivity contribution in [2.75, 3.05) is 18.0 Å². The lowest BCUT2D eigenvalue weighted by Crippen LogP contribution is -2.41. The summed E-state index contributed by atoms with van der Waals surface area (Å²) >= 11 is 0. The third kappa shape index (κ3) is 2.45. The molecule has 1 aromatic heterocycles. The van der Waals surface area contributed by atoms with Gasteiger partial charge in [-0.05, 0) is 25.0 Å². The molecule has 7 nitrogen and oxygen atoms in total. The van der Waals surface area contributed by atoms with E-state index >= 15 is 0 Å². The molecule has 0 aliphatic carbocycles. The normalized spacial score (nSPS) is 18.4. The van der Waals surface area contributed by atoms with Crippen LogP contribution < -0.4 is 10.6 Å². The molecule has 1 aliphatic rings. The minimum absolute atomic E-state index is 0.0373. The molecule has 0 bridgehead atoms. The summed E-state index contributed by atoms with van der Waals surface area (Å²) in [7, 11) is 0. The number of carbonyl (C=O) groups excluding carboxylic acids is 1. The quantitative estimate of drug-likeness (QED) is 0.688. The van der Waals surface area contributed by atoms with Gasteiger partial charge in [0.1, 0.15) is 0 Å². The van der Waals surface area contributed by atoms with Gasteiger partial charge in [-0.25, -0.2) is 0 Å². The number of fused-ring (bicyclic) bond motifs is 1. The molecule has 0 saturated carbocycles. The first kappa shape index (κ1) is 14.2. The second kappa shape index (κ2) is 5.59. The van der Waals surface area contributed by atoms with E-state index in [1.54, 1.807) is 18.3 Å². The minimum Gasteiger partial charge on any atom is -0.370 e. The van der Waals surface area contributed by atoms with Crippen molar-refractivity contribution in [2.24, 2.45) is 11.7 Å². The van der Waals surface area contributed by atoms with Gasteiger partial charge in [-0.15, -0.1) is 0 Å². The molecule has 3 rings (SSSR count). The fraction of sp³-hybridized carbons (Fsp3) is 0.333. The topological polar surface area (TPSA) is 102 Å². The fourth-order valence-corrected chi connectivity index (χ4v) is 3.02. The van der Waals surface area contributed by atoms with E-state index in [9.17, 15) is 14.9 Å². The Hall–Kier alpha value is -2.70. The molecule has 2 heterocycles. The van der Waals surface area contributed by atoms with Gasteiger partial charge in [0.2, 0.25) is 5.91 Å².